The van der Waals surface area contributed by atoms with Gasteiger partial charge in [0.2, 0.25) is 0 Å². The van der Waals surface area contributed by atoms with Crippen LogP contribution in [0.1, 0.15) is 72.6 Å². The topological polar surface area (TPSA) is 50.2 Å². The minimum absolute atomic E-state index is 0. The van der Waals surface area contributed by atoms with Gasteiger partial charge >= 0.3 is 0 Å². The molecule has 112 valence electrons. The summed E-state index contributed by atoms with van der Waals surface area (Å²) in [6.07, 6.45) is 8.15. The molecule has 0 amide bonds. The van der Waals surface area contributed by atoms with E-state index in [-0.39, 0.29) is 11.7 Å². The highest BCUT2D eigenvalue weighted by Crippen LogP contribution is 2.20. The Kier molecular flexibility index (Phi) is 13.4. The minimum Gasteiger partial charge on any atom is -0.870 e. The van der Waals surface area contributed by atoms with Crippen LogP contribution >= 0.6 is 0 Å². The first kappa shape index (κ1) is 20.2. The Hall–Kier alpha value is -0.120. The van der Waals surface area contributed by atoms with Gasteiger partial charge in [-0.05, 0) is 19.3 Å². The summed E-state index contributed by atoms with van der Waals surface area (Å²) in [5.41, 5.74) is 0. The average molecular weight is 261 g/mol. The van der Waals surface area contributed by atoms with E-state index >= 15 is 0 Å². The SMILES string of the molecule is CCCC[N+](CCCC)(CCCC)C(O)CC.[OH-]. The van der Waals surface area contributed by atoms with Gasteiger partial charge in [0.25, 0.3) is 0 Å². The Morgan fingerprint density at radius 2 is 1.11 bits per heavy atom. The van der Waals surface area contributed by atoms with E-state index in [2.05, 4.69) is 27.7 Å². The molecule has 0 spiro atoms. The summed E-state index contributed by atoms with van der Waals surface area (Å²) in [5.74, 6) is 0. The van der Waals surface area contributed by atoms with Gasteiger partial charge in [-0.15, -0.1) is 0 Å². The van der Waals surface area contributed by atoms with Crippen molar-refractivity contribution in [2.24, 2.45) is 0 Å². The first-order chi connectivity index (χ1) is 8.16. The van der Waals surface area contributed by atoms with Crippen molar-refractivity contribution in [3.63, 3.8) is 0 Å². The molecule has 0 fully saturated rings. The van der Waals surface area contributed by atoms with E-state index in [0.717, 1.165) is 30.5 Å². The van der Waals surface area contributed by atoms with E-state index in [1.165, 1.54) is 38.5 Å². The molecule has 0 aromatic heterocycles. The van der Waals surface area contributed by atoms with E-state index in [1.54, 1.807) is 0 Å². The number of hydrogen-bond donors (Lipinski definition) is 1. The predicted molar refractivity (Wildman–Crippen MR) is 77.8 cm³/mol. The zero-order valence-corrected chi connectivity index (χ0v) is 13.0. The fourth-order valence-corrected chi connectivity index (χ4v) is 2.59. The lowest BCUT2D eigenvalue weighted by atomic mass is 10.1. The molecule has 1 unspecified atom stereocenters. The van der Waals surface area contributed by atoms with Crippen LogP contribution in [0.2, 0.25) is 0 Å². The molecular weight excluding hydrogens is 226 g/mol. The molecule has 0 bridgehead atoms. The van der Waals surface area contributed by atoms with E-state index in [0.29, 0.717) is 0 Å². The summed E-state index contributed by atoms with van der Waals surface area (Å²) < 4.78 is 0.950. The lowest BCUT2D eigenvalue weighted by Crippen LogP contribution is -2.57. The standard InChI is InChI=1S/C15H34NO.H2O/c1-5-9-12-16(13-10-6-2,14-11-7-3)15(17)8-4;/h15,17H,5-14H2,1-4H3;1H2/q+1;/p-1. The molecule has 1 atom stereocenters. The third-order valence-electron chi connectivity index (χ3n) is 3.87. The summed E-state index contributed by atoms with van der Waals surface area (Å²) in [4.78, 5) is 0. The van der Waals surface area contributed by atoms with Crippen LogP contribution in [0.4, 0.5) is 0 Å². The molecule has 0 rings (SSSR count). The molecule has 0 aromatic rings. The Labute approximate surface area is 114 Å². The zero-order chi connectivity index (χ0) is 13.1. The van der Waals surface area contributed by atoms with Crippen LogP contribution in [-0.4, -0.2) is 40.9 Å². The number of unbranched alkanes of at least 4 members (excludes halogenated alkanes) is 3. The monoisotopic (exact) mass is 261 g/mol. The molecule has 3 heteroatoms. The molecule has 0 radical (unpaired) electrons. The normalized spacial score (nSPS) is 13.2. The quantitative estimate of drug-likeness (QED) is 0.455. The van der Waals surface area contributed by atoms with E-state index in [1.807, 2.05) is 0 Å². The van der Waals surface area contributed by atoms with Crippen LogP contribution < -0.4 is 0 Å². The summed E-state index contributed by atoms with van der Waals surface area (Å²) in [5, 5.41) is 10.4. The van der Waals surface area contributed by atoms with Gasteiger partial charge in [0.15, 0.2) is 6.23 Å². The van der Waals surface area contributed by atoms with Crippen LogP contribution in [0.5, 0.6) is 0 Å². The summed E-state index contributed by atoms with van der Waals surface area (Å²) in [7, 11) is 0. The maximum Gasteiger partial charge on any atom is 0.190 e. The molecule has 0 aromatic carbocycles. The summed E-state index contributed by atoms with van der Waals surface area (Å²) in [6.45, 7) is 12.3. The predicted octanol–water partition coefficient (Wildman–Crippen LogP) is 3.76. The molecule has 0 aliphatic rings. The van der Waals surface area contributed by atoms with Crippen LogP contribution in [0, 0.1) is 0 Å². The van der Waals surface area contributed by atoms with Gasteiger partial charge in [-0.3, -0.25) is 4.48 Å². The lowest BCUT2D eigenvalue weighted by Gasteiger charge is -2.42. The molecule has 0 aliphatic heterocycles. The van der Waals surface area contributed by atoms with Crippen molar-refractivity contribution in [3.05, 3.63) is 0 Å². The Morgan fingerprint density at radius 3 is 1.33 bits per heavy atom. The number of nitrogens with zero attached hydrogens (tertiary/aromatic N) is 1. The second-order valence-electron chi connectivity index (χ2n) is 5.34. The molecule has 2 N–H and O–H groups in total. The van der Waals surface area contributed by atoms with Crippen molar-refractivity contribution in [2.75, 3.05) is 19.6 Å². The van der Waals surface area contributed by atoms with Crippen LogP contribution in [0.15, 0.2) is 0 Å². The van der Waals surface area contributed by atoms with Gasteiger partial charge in [-0.2, -0.15) is 0 Å². The Balaban J connectivity index is 0. The van der Waals surface area contributed by atoms with Crippen molar-refractivity contribution in [1.29, 1.82) is 0 Å². The second kappa shape index (κ2) is 11.9. The maximum absolute atomic E-state index is 10.4. The number of quaternary nitrogens is 1. The first-order valence-electron chi connectivity index (χ1n) is 7.70. The van der Waals surface area contributed by atoms with Gasteiger partial charge in [0.1, 0.15) is 0 Å². The van der Waals surface area contributed by atoms with Crippen molar-refractivity contribution in [3.8, 4) is 0 Å². The Bertz CT molecular complexity index is 152. The fourth-order valence-electron chi connectivity index (χ4n) is 2.59. The van der Waals surface area contributed by atoms with Gasteiger partial charge < -0.3 is 10.6 Å². The highest BCUT2D eigenvalue weighted by molar-refractivity contribution is 4.51. The van der Waals surface area contributed by atoms with Crippen LogP contribution in [0.25, 0.3) is 0 Å². The molecule has 3 nitrogen and oxygen atoms in total. The molecule has 0 heterocycles. The van der Waals surface area contributed by atoms with Gasteiger partial charge in [0, 0.05) is 6.42 Å². The molecule has 0 aliphatic carbocycles. The number of aliphatic hydroxyl groups excluding tert-OH is 1. The second-order valence-corrected chi connectivity index (χ2v) is 5.34. The zero-order valence-electron chi connectivity index (χ0n) is 13.0. The summed E-state index contributed by atoms with van der Waals surface area (Å²) >= 11 is 0. The summed E-state index contributed by atoms with van der Waals surface area (Å²) in [6, 6.07) is 0. The van der Waals surface area contributed by atoms with Crippen molar-refractivity contribution < 1.29 is 15.1 Å². The van der Waals surface area contributed by atoms with Gasteiger partial charge in [0.05, 0.1) is 19.6 Å². The van der Waals surface area contributed by atoms with Crippen LogP contribution in [0.3, 0.4) is 0 Å². The van der Waals surface area contributed by atoms with E-state index < -0.39 is 0 Å². The number of rotatable bonds is 11. The fraction of sp³-hybridized carbons (Fsp3) is 1.00. The van der Waals surface area contributed by atoms with Gasteiger partial charge in [-0.25, -0.2) is 0 Å². The third-order valence-corrected chi connectivity index (χ3v) is 3.87. The largest absolute Gasteiger partial charge is 0.870 e. The van der Waals surface area contributed by atoms with Crippen molar-refractivity contribution >= 4 is 0 Å². The average Bonchev–Trinajstić information content (AvgIpc) is 2.37. The molecule has 0 saturated carbocycles. The third kappa shape index (κ3) is 6.72. The van der Waals surface area contributed by atoms with E-state index in [9.17, 15) is 5.11 Å². The number of aliphatic hydroxyl groups is 1. The molecule has 0 saturated heterocycles. The molecule has 18 heavy (non-hydrogen) atoms. The molecular formula is C15H35NO2. The first-order valence-corrected chi connectivity index (χ1v) is 7.70. The van der Waals surface area contributed by atoms with E-state index in [4.69, 9.17) is 0 Å². The van der Waals surface area contributed by atoms with Gasteiger partial charge in [-0.1, -0.05) is 47.0 Å². The van der Waals surface area contributed by atoms with Crippen LogP contribution in [-0.2, 0) is 0 Å². The highest BCUT2D eigenvalue weighted by atomic mass is 16.3. The minimum atomic E-state index is -0.153. The smallest absolute Gasteiger partial charge is 0.190 e. The van der Waals surface area contributed by atoms with Crippen molar-refractivity contribution in [2.45, 2.75) is 78.9 Å². The maximum atomic E-state index is 10.4. The lowest BCUT2D eigenvalue weighted by molar-refractivity contribution is -0.972. The van der Waals surface area contributed by atoms with Crippen molar-refractivity contribution in [1.82, 2.24) is 0 Å². The Morgan fingerprint density at radius 1 is 0.778 bits per heavy atom. The number of hydrogen-bond acceptors (Lipinski definition) is 2. The highest BCUT2D eigenvalue weighted by Gasteiger charge is 2.32.